The molecule has 0 atom stereocenters. The van der Waals surface area contributed by atoms with Gasteiger partial charge in [-0.15, -0.1) is 0 Å². The fraction of sp³-hybridized carbons (Fsp3) is 0.214. The van der Waals surface area contributed by atoms with Gasteiger partial charge in [-0.05, 0) is 25.3 Å². The second-order valence-electron chi connectivity index (χ2n) is 3.74. The zero-order chi connectivity index (χ0) is 12.1. The van der Waals surface area contributed by atoms with E-state index in [-0.39, 0.29) is 0 Å². The standard InChI is InChI=1S/C14H15NOS/c1-3-16-15-14(13-8-9-17-10-13)12-6-4-11(2)5-7-12/h4-10H,3H2,1-2H3/b15-14-. The fourth-order valence-electron chi connectivity index (χ4n) is 1.51. The second-order valence-corrected chi connectivity index (χ2v) is 4.52. The molecular formula is C14H15NOS. The summed E-state index contributed by atoms with van der Waals surface area (Å²) in [5, 5.41) is 8.34. The Labute approximate surface area is 106 Å². The van der Waals surface area contributed by atoms with E-state index in [2.05, 4.69) is 47.8 Å². The molecule has 1 aromatic heterocycles. The van der Waals surface area contributed by atoms with Crippen LogP contribution in [0.2, 0.25) is 0 Å². The Balaban J connectivity index is 2.37. The van der Waals surface area contributed by atoms with Gasteiger partial charge in [-0.1, -0.05) is 35.0 Å². The highest BCUT2D eigenvalue weighted by molar-refractivity contribution is 7.08. The van der Waals surface area contributed by atoms with Crippen LogP contribution in [-0.2, 0) is 4.84 Å². The van der Waals surface area contributed by atoms with Crippen LogP contribution < -0.4 is 0 Å². The Morgan fingerprint density at radius 2 is 1.94 bits per heavy atom. The van der Waals surface area contributed by atoms with E-state index >= 15 is 0 Å². The molecule has 3 heteroatoms. The lowest BCUT2D eigenvalue weighted by Gasteiger charge is -2.05. The van der Waals surface area contributed by atoms with Crippen molar-refractivity contribution >= 4 is 17.0 Å². The van der Waals surface area contributed by atoms with Gasteiger partial charge in [0.05, 0.1) is 0 Å². The van der Waals surface area contributed by atoms with Gasteiger partial charge in [0.15, 0.2) is 0 Å². The van der Waals surface area contributed by atoms with Crippen LogP contribution in [0.1, 0.15) is 23.6 Å². The third-order valence-electron chi connectivity index (χ3n) is 2.40. The molecule has 0 fully saturated rings. The minimum absolute atomic E-state index is 0.583. The van der Waals surface area contributed by atoms with E-state index in [0.29, 0.717) is 6.61 Å². The minimum Gasteiger partial charge on any atom is -0.396 e. The van der Waals surface area contributed by atoms with Crippen molar-refractivity contribution in [1.29, 1.82) is 0 Å². The summed E-state index contributed by atoms with van der Waals surface area (Å²) in [6.07, 6.45) is 0. The Hall–Kier alpha value is -1.61. The summed E-state index contributed by atoms with van der Waals surface area (Å²) >= 11 is 1.66. The van der Waals surface area contributed by atoms with Gasteiger partial charge in [-0.25, -0.2) is 0 Å². The third-order valence-corrected chi connectivity index (χ3v) is 3.09. The van der Waals surface area contributed by atoms with Gasteiger partial charge in [-0.2, -0.15) is 11.3 Å². The number of hydrogen-bond acceptors (Lipinski definition) is 3. The molecule has 0 aliphatic carbocycles. The zero-order valence-corrected chi connectivity index (χ0v) is 10.8. The van der Waals surface area contributed by atoms with E-state index in [0.717, 1.165) is 16.8 Å². The number of rotatable bonds is 4. The number of oxime groups is 1. The fourth-order valence-corrected chi connectivity index (χ4v) is 2.15. The topological polar surface area (TPSA) is 21.6 Å². The Morgan fingerprint density at radius 3 is 2.53 bits per heavy atom. The molecule has 0 aliphatic heterocycles. The molecule has 0 unspecified atom stereocenters. The predicted molar refractivity (Wildman–Crippen MR) is 72.8 cm³/mol. The smallest absolute Gasteiger partial charge is 0.118 e. The summed E-state index contributed by atoms with van der Waals surface area (Å²) in [6, 6.07) is 10.4. The first-order chi connectivity index (χ1) is 8.31. The molecule has 1 aromatic carbocycles. The Bertz CT molecular complexity index is 485. The molecule has 2 aromatic rings. The first kappa shape index (κ1) is 11.9. The van der Waals surface area contributed by atoms with E-state index in [1.807, 2.05) is 12.3 Å². The van der Waals surface area contributed by atoms with Crippen molar-refractivity contribution in [2.24, 2.45) is 5.16 Å². The maximum absolute atomic E-state index is 5.20. The van der Waals surface area contributed by atoms with Crippen LogP contribution in [0.25, 0.3) is 0 Å². The molecule has 0 saturated heterocycles. The molecule has 0 N–H and O–H groups in total. The van der Waals surface area contributed by atoms with Gasteiger partial charge < -0.3 is 4.84 Å². The predicted octanol–water partition coefficient (Wildman–Crippen LogP) is 3.85. The largest absolute Gasteiger partial charge is 0.396 e. The van der Waals surface area contributed by atoms with Crippen molar-refractivity contribution in [2.45, 2.75) is 13.8 Å². The highest BCUT2D eigenvalue weighted by Gasteiger charge is 2.08. The Morgan fingerprint density at radius 1 is 1.18 bits per heavy atom. The molecule has 2 rings (SSSR count). The summed E-state index contributed by atoms with van der Waals surface area (Å²) in [7, 11) is 0. The van der Waals surface area contributed by atoms with Crippen molar-refractivity contribution in [3.05, 3.63) is 57.8 Å². The van der Waals surface area contributed by atoms with Crippen LogP contribution in [0.15, 0.2) is 46.2 Å². The molecule has 0 radical (unpaired) electrons. The lowest BCUT2D eigenvalue weighted by Crippen LogP contribution is -2.03. The second kappa shape index (κ2) is 5.64. The van der Waals surface area contributed by atoms with Crippen molar-refractivity contribution in [1.82, 2.24) is 0 Å². The Kier molecular flexibility index (Phi) is 3.94. The van der Waals surface area contributed by atoms with Crippen LogP contribution in [0, 0.1) is 6.92 Å². The quantitative estimate of drug-likeness (QED) is 0.592. The molecule has 0 amide bonds. The molecule has 0 aliphatic rings. The molecule has 0 bridgehead atoms. The van der Waals surface area contributed by atoms with Crippen LogP contribution in [0.4, 0.5) is 0 Å². The van der Waals surface area contributed by atoms with Gasteiger partial charge >= 0.3 is 0 Å². The molecule has 0 saturated carbocycles. The van der Waals surface area contributed by atoms with E-state index in [9.17, 15) is 0 Å². The van der Waals surface area contributed by atoms with Gasteiger partial charge in [0.2, 0.25) is 0 Å². The molecule has 0 spiro atoms. The van der Waals surface area contributed by atoms with Crippen molar-refractivity contribution in [3.8, 4) is 0 Å². The number of benzene rings is 1. The van der Waals surface area contributed by atoms with Crippen molar-refractivity contribution in [3.63, 3.8) is 0 Å². The van der Waals surface area contributed by atoms with E-state index in [1.54, 1.807) is 11.3 Å². The summed E-state index contributed by atoms with van der Waals surface area (Å²) in [5.74, 6) is 0. The first-order valence-corrected chi connectivity index (χ1v) is 6.55. The summed E-state index contributed by atoms with van der Waals surface area (Å²) in [6.45, 7) is 4.59. The van der Waals surface area contributed by atoms with Gasteiger partial charge in [0, 0.05) is 16.5 Å². The van der Waals surface area contributed by atoms with Crippen LogP contribution in [0.3, 0.4) is 0 Å². The number of aryl methyl sites for hydroxylation is 1. The van der Waals surface area contributed by atoms with Crippen molar-refractivity contribution in [2.75, 3.05) is 6.61 Å². The molecular weight excluding hydrogens is 230 g/mol. The number of nitrogens with zero attached hydrogens (tertiary/aromatic N) is 1. The maximum atomic E-state index is 5.20. The minimum atomic E-state index is 0.583. The normalized spacial score (nSPS) is 11.5. The monoisotopic (exact) mass is 245 g/mol. The highest BCUT2D eigenvalue weighted by atomic mass is 32.1. The summed E-state index contributed by atoms with van der Waals surface area (Å²) in [4.78, 5) is 5.20. The average Bonchev–Trinajstić information content (AvgIpc) is 2.85. The first-order valence-electron chi connectivity index (χ1n) is 5.61. The summed E-state index contributed by atoms with van der Waals surface area (Å²) < 4.78 is 0. The average molecular weight is 245 g/mol. The number of hydrogen-bond donors (Lipinski definition) is 0. The SMILES string of the molecule is CCO/N=C(/c1ccc(C)cc1)c1ccsc1. The summed E-state index contributed by atoms with van der Waals surface area (Å²) in [5.41, 5.74) is 4.33. The van der Waals surface area contributed by atoms with Crippen LogP contribution in [-0.4, -0.2) is 12.3 Å². The number of thiophene rings is 1. The zero-order valence-electron chi connectivity index (χ0n) is 10.0. The third kappa shape index (κ3) is 2.94. The lowest BCUT2D eigenvalue weighted by atomic mass is 10.0. The lowest BCUT2D eigenvalue weighted by molar-refractivity contribution is 0.159. The molecule has 2 nitrogen and oxygen atoms in total. The molecule has 17 heavy (non-hydrogen) atoms. The van der Waals surface area contributed by atoms with Crippen molar-refractivity contribution < 1.29 is 4.84 Å². The van der Waals surface area contributed by atoms with Gasteiger partial charge in [0.1, 0.15) is 12.3 Å². The van der Waals surface area contributed by atoms with Gasteiger partial charge in [0.25, 0.3) is 0 Å². The van der Waals surface area contributed by atoms with E-state index in [4.69, 9.17) is 4.84 Å². The van der Waals surface area contributed by atoms with Gasteiger partial charge in [-0.3, -0.25) is 0 Å². The van der Waals surface area contributed by atoms with Crippen LogP contribution in [0.5, 0.6) is 0 Å². The molecule has 88 valence electrons. The maximum Gasteiger partial charge on any atom is 0.118 e. The van der Waals surface area contributed by atoms with E-state index < -0.39 is 0 Å². The molecule has 1 heterocycles. The van der Waals surface area contributed by atoms with E-state index in [1.165, 1.54) is 5.56 Å². The van der Waals surface area contributed by atoms with Crippen LogP contribution >= 0.6 is 11.3 Å². The highest BCUT2D eigenvalue weighted by Crippen LogP contribution is 2.15.